The first kappa shape index (κ1) is 17.4. The number of methoxy groups -OCH3 is 1. The van der Waals surface area contributed by atoms with Crippen LogP contribution in [0.2, 0.25) is 0 Å². The Hall–Kier alpha value is -2.41. The lowest BCUT2D eigenvalue weighted by Crippen LogP contribution is -2.12. The standard InChI is InChI=1S/C18H18BrNO5/c1-3-6-23-17-13(19)7-11(8-16(17)22-2)18(21)20-12-4-5-14-15(9-12)25-10-24-14/h4-5,7-9H,3,6,10H2,1-2H3,(H,20,21). The molecule has 3 rings (SSSR count). The molecule has 1 amide bonds. The van der Waals surface area contributed by atoms with Gasteiger partial charge in [-0.05, 0) is 46.6 Å². The number of ether oxygens (including phenoxy) is 4. The maximum Gasteiger partial charge on any atom is 0.255 e. The van der Waals surface area contributed by atoms with E-state index in [9.17, 15) is 4.79 Å². The second-order valence-electron chi connectivity index (χ2n) is 5.36. The van der Waals surface area contributed by atoms with Crippen molar-refractivity contribution in [3.63, 3.8) is 0 Å². The third kappa shape index (κ3) is 3.82. The Morgan fingerprint density at radius 2 is 2.04 bits per heavy atom. The third-order valence-corrected chi connectivity index (χ3v) is 4.16. The van der Waals surface area contributed by atoms with Crippen molar-refractivity contribution in [3.05, 3.63) is 40.4 Å². The predicted molar refractivity (Wildman–Crippen MR) is 97.0 cm³/mol. The number of nitrogens with one attached hydrogen (secondary N) is 1. The van der Waals surface area contributed by atoms with Gasteiger partial charge in [0.2, 0.25) is 6.79 Å². The summed E-state index contributed by atoms with van der Waals surface area (Å²) in [4.78, 5) is 12.6. The van der Waals surface area contributed by atoms with Crippen molar-refractivity contribution in [1.29, 1.82) is 0 Å². The Morgan fingerprint density at radius 3 is 2.80 bits per heavy atom. The zero-order chi connectivity index (χ0) is 17.8. The molecule has 132 valence electrons. The average Bonchev–Trinajstić information content (AvgIpc) is 3.07. The van der Waals surface area contributed by atoms with E-state index in [0.29, 0.717) is 45.3 Å². The van der Waals surface area contributed by atoms with Gasteiger partial charge in [-0.1, -0.05) is 6.92 Å². The lowest BCUT2D eigenvalue weighted by molar-refractivity contribution is 0.102. The first-order valence-corrected chi connectivity index (χ1v) is 8.63. The fourth-order valence-electron chi connectivity index (χ4n) is 2.37. The molecular formula is C18H18BrNO5. The first-order valence-electron chi connectivity index (χ1n) is 7.83. The van der Waals surface area contributed by atoms with Crippen molar-refractivity contribution in [2.75, 3.05) is 25.8 Å². The number of anilines is 1. The highest BCUT2D eigenvalue weighted by molar-refractivity contribution is 9.10. The normalized spacial score (nSPS) is 12.0. The highest BCUT2D eigenvalue weighted by Crippen LogP contribution is 2.37. The van der Waals surface area contributed by atoms with Crippen LogP contribution in [0, 0.1) is 0 Å². The lowest BCUT2D eigenvalue weighted by atomic mass is 10.1. The molecule has 0 saturated heterocycles. The Kier molecular flexibility index (Phi) is 5.33. The molecule has 2 aromatic rings. The summed E-state index contributed by atoms with van der Waals surface area (Å²) in [6.07, 6.45) is 0.877. The topological polar surface area (TPSA) is 66.0 Å². The maximum atomic E-state index is 12.6. The predicted octanol–water partition coefficient (Wildman–Crippen LogP) is 4.23. The van der Waals surface area contributed by atoms with Crippen LogP contribution >= 0.6 is 15.9 Å². The fourth-order valence-corrected chi connectivity index (χ4v) is 2.93. The highest BCUT2D eigenvalue weighted by atomic mass is 79.9. The van der Waals surface area contributed by atoms with Crippen molar-refractivity contribution in [2.24, 2.45) is 0 Å². The van der Waals surface area contributed by atoms with Gasteiger partial charge in [0.15, 0.2) is 23.0 Å². The Bertz CT molecular complexity index is 793. The molecule has 0 spiro atoms. The van der Waals surface area contributed by atoms with Gasteiger partial charge in [-0.3, -0.25) is 4.79 Å². The van der Waals surface area contributed by atoms with Crippen molar-refractivity contribution in [2.45, 2.75) is 13.3 Å². The van der Waals surface area contributed by atoms with Crippen LogP contribution in [0.5, 0.6) is 23.0 Å². The summed E-state index contributed by atoms with van der Waals surface area (Å²) >= 11 is 3.44. The molecule has 1 heterocycles. The molecule has 1 N–H and O–H groups in total. The summed E-state index contributed by atoms with van der Waals surface area (Å²) in [5.74, 6) is 2.10. The van der Waals surface area contributed by atoms with E-state index in [-0.39, 0.29) is 12.7 Å². The maximum absolute atomic E-state index is 12.6. The van der Waals surface area contributed by atoms with Crippen LogP contribution < -0.4 is 24.3 Å². The van der Waals surface area contributed by atoms with Gasteiger partial charge in [0.05, 0.1) is 18.2 Å². The van der Waals surface area contributed by atoms with E-state index >= 15 is 0 Å². The molecular weight excluding hydrogens is 390 g/mol. The number of carbonyl (C=O) groups is 1. The van der Waals surface area contributed by atoms with Gasteiger partial charge in [0, 0.05) is 17.3 Å². The minimum atomic E-state index is -0.264. The molecule has 0 aliphatic carbocycles. The number of rotatable bonds is 6. The molecule has 0 unspecified atom stereocenters. The van der Waals surface area contributed by atoms with Crippen LogP contribution in [0.1, 0.15) is 23.7 Å². The summed E-state index contributed by atoms with van der Waals surface area (Å²) in [7, 11) is 1.54. The molecule has 0 radical (unpaired) electrons. The molecule has 0 saturated carbocycles. The molecule has 0 aromatic heterocycles. The average molecular weight is 408 g/mol. The van der Waals surface area contributed by atoms with E-state index in [1.165, 1.54) is 0 Å². The quantitative estimate of drug-likeness (QED) is 0.775. The molecule has 25 heavy (non-hydrogen) atoms. The molecule has 0 atom stereocenters. The van der Waals surface area contributed by atoms with Gasteiger partial charge < -0.3 is 24.3 Å². The zero-order valence-corrected chi connectivity index (χ0v) is 15.5. The number of hydrogen-bond acceptors (Lipinski definition) is 5. The van der Waals surface area contributed by atoms with E-state index < -0.39 is 0 Å². The van der Waals surface area contributed by atoms with Crippen molar-refractivity contribution in [3.8, 4) is 23.0 Å². The van der Waals surface area contributed by atoms with E-state index in [4.69, 9.17) is 18.9 Å². The van der Waals surface area contributed by atoms with E-state index in [1.54, 1.807) is 37.4 Å². The number of amides is 1. The molecule has 7 heteroatoms. The second kappa shape index (κ2) is 7.65. The number of hydrogen-bond donors (Lipinski definition) is 1. The van der Waals surface area contributed by atoms with Gasteiger partial charge in [0.25, 0.3) is 5.91 Å². The van der Waals surface area contributed by atoms with Gasteiger partial charge in [-0.2, -0.15) is 0 Å². The van der Waals surface area contributed by atoms with Crippen LogP contribution in [-0.4, -0.2) is 26.4 Å². The minimum Gasteiger partial charge on any atom is -0.493 e. The van der Waals surface area contributed by atoms with Crippen LogP contribution in [0.3, 0.4) is 0 Å². The van der Waals surface area contributed by atoms with Gasteiger partial charge >= 0.3 is 0 Å². The Labute approximate surface area is 154 Å². The third-order valence-electron chi connectivity index (χ3n) is 3.57. The Morgan fingerprint density at radius 1 is 1.24 bits per heavy atom. The molecule has 1 aliphatic rings. The van der Waals surface area contributed by atoms with Gasteiger partial charge in [0.1, 0.15) is 0 Å². The van der Waals surface area contributed by atoms with E-state index in [0.717, 1.165) is 6.42 Å². The Balaban J connectivity index is 1.81. The summed E-state index contributed by atoms with van der Waals surface area (Å²) in [6.45, 7) is 2.78. The van der Waals surface area contributed by atoms with Gasteiger partial charge in [-0.15, -0.1) is 0 Å². The molecule has 6 nitrogen and oxygen atoms in total. The first-order chi connectivity index (χ1) is 12.1. The number of halogens is 1. The number of benzene rings is 2. The second-order valence-corrected chi connectivity index (χ2v) is 6.21. The lowest BCUT2D eigenvalue weighted by Gasteiger charge is -2.14. The zero-order valence-electron chi connectivity index (χ0n) is 13.9. The van der Waals surface area contributed by atoms with Crippen molar-refractivity contribution < 1.29 is 23.7 Å². The van der Waals surface area contributed by atoms with Crippen LogP contribution in [-0.2, 0) is 0 Å². The number of fused-ring (bicyclic) bond motifs is 1. The SMILES string of the molecule is CCCOc1c(Br)cc(C(=O)Nc2ccc3c(c2)OCO3)cc1OC. The summed E-state index contributed by atoms with van der Waals surface area (Å²) in [5.41, 5.74) is 1.07. The summed E-state index contributed by atoms with van der Waals surface area (Å²) < 4.78 is 22.3. The molecule has 0 fully saturated rings. The smallest absolute Gasteiger partial charge is 0.255 e. The monoisotopic (exact) mass is 407 g/mol. The molecule has 0 bridgehead atoms. The largest absolute Gasteiger partial charge is 0.493 e. The minimum absolute atomic E-state index is 0.191. The molecule has 1 aliphatic heterocycles. The van der Waals surface area contributed by atoms with Gasteiger partial charge in [-0.25, -0.2) is 0 Å². The van der Waals surface area contributed by atoms with Crippen molar-refractivity contribution in [1.82, 2.24) is 0 Å². The summed E-state index contributed by atoms with van der Waals surface area (Å²) in [5, 5.41) is 2.84. The summed E-state index contributed by atoms with van der Waals surface area (Å²) in [6, 6.07) is 8.60. The fraction of sp³-hybridized carbons (Fsp3) is 0.278. The highest BCUT2D eigenvalue weighted by Gasteiger charge is 2.17. The van der Waals surface area contributed by atoms with Crippen LogP contribution in [0.4, 0.5) is 5.69 Å². The van der Waals surface area contributed by atoms with Crippen molar-refractivity contribution >= 4 is 27.5 Å². The van der Waals surface area contributed by atoms with Crippen LogP contribution in [0.25, 0.3) is 0 Å². The van der Waals surface area contributed by atoms with E-state index in [2.05, 4.69) is 21.2 Å². The molecule has 2 aromatic carbocycles. The number of carbonyl (C=O) groups excluding carboxylic acids is 1. The van der Waals surface area contributed by atoms with Crippen LogP contribution in [0.15, 0.2) is 34.8 Å². The van der Waals surface area contributed by atoms with E-state index in [1.807, 2.05) is 6.92 Å².